The fourth-order valence-corrected chi connectivity index (χ4v) is 4.42. The first-order chi connectivity index (χ1) is 12.1. The number of rotatable bonds is 0. The molecule has 3 unspecified atom stereocenters. The lowest BCUT2D eigenvalue weighted by atomic mass is 9.93. The molecule has 3 rings (SSSR count). The maximum Gasteiger partial charge on any atom is 0.0572 e. The number of nitrogens with one attached hydrogen (secondary N) is 2. The van der Waals surface area contributed by atoms with Crippen LogP contribution in [0.1, 0.15) is 60.8 Å². The largest absolute Gasteiger partial charge is 0.380 e. The molecule has 4 heteroatoms. The monoisotopic (exact) mass is 360 g/mol. The molecule has 3 atom stereocenters. The van der Waals surface area contributed by atoms with Crippen LogP contribution in [-0.4, -0.2) is 65.2 Å². The van der Waals surface area contributed by atoms with Gasteiger partial charge in [0.2, 0.25) is 0 Å². The molecule has 0 aliphatic carbocycles. The molecule has 4 bridgehead atoms. The molecular formula is C22H40N4. The summed E-state index contributed by atoms with van der Waals surface area (Å²) in [6.07, 6.45) is 10.8. The Hall–Kier alpha value is -0.840. The Bertz CT molecular complexity index is 537. The van der Waals surface area contributed by atoms with Gasteiger partial charge in [0, 0.05) is 55.0 Å². The smallest absolute Gasteiger partial charge is 0.0572 e. The van der Waals surface area contributed by atoms with Crippen molar-refractivity contribution in [3.63, 3.8) is 0 Å². The molecule has 148 valence electrons. The van der Waals surface area contributed by atoms with Crippen molar-refractivity contribution in [3.8, 4) is 0 Å². The molecular weight excluding hydrogens is 320 g/mol. The zero-order valence-electron chi connectivity index (χ0n) is 17.8. The molecule has 3 aliphatic rings. The van der Waals surface area contributed by atoms with E-state index in [0.717, 1.165) is 26.2 Å². The lowest BCUT2D eigenvalue weighted by molar-refractivity contribution is 0.0807. The van der Waals surface area contributed by atoms with Crippen molar-refractivity contribution in [2.75, 3.05) is 26.2 Å². The van der Waals surface area contributed by atoms with Crippen LogP contribution in [0.3, 0.4) is 0 Å². The summed E-state index contributed by atoms with van der Waals surface area (Å²) in [6, 6.07) is 1.61. The molecule has 2 N–H and O–H groups in total. The van der Waals surface area contributed by atoms with Gasteiger partial charge in [-0.25, -0.2) is 0 Å². The first-order valence-corrected chi connectivity index (χ1v) is 10.5. The number of fused-ring (bicyclic) bond motifs is 4. The van der Waals surface area contributed by atoms with Gasteiger partial charge in [-0.15, -0.1) is 0 Å². The Labute approximate surface area is 161 Å². The summed E-state index contributed by atoms with van der Waals surface area (Å²) in [7, 11) is 0. The molecule has 2 saturated heterocycles. The molecule has 0 aromatic rings. The second-order valence-electron chi connectivity index (χ2n) is 10.4. The van der Waals surface area contributed by atoms with E-state index < -0.39 is 0 Å². The first-order valence-electron chi connectivity index (χ1n) is 10.5. The number of dihydropyridines is 1. The van der Waals surface area contributed by atoms with E-state index in [4.69, 9.17) is 0 Å². The third kappa shape index (κ3) is 5.11. The third-order valence-corrected chi connectivity index (χ3v) is 6.15. The molecule has 3 heterocycles. The van der Waals surface area contributed by atoms with Gasteiger partial charge in [0.25, 0.3) is 0 Å². The molecule has 3 aliphatic heterocycles. The van der Waals surface area contributed by atoms with Crippen LogP contribution in [0.2, 0.25) is 0 Å². The van der Waals surface area contributed by atoms with E-state index in [0.29, 0.717) is 18.1 Å². The molecule has 0 aromatic heterocycles. The number of hydrogen-bond donors (Lipinski definition) is 2. The van der Waals surface area contributed by atoms with Crippen LogP contribution in [0.5, 0.6) is 0 Å². The Kier molecular flexibility index (Phi) is 5.86. The van der Waals surface area contributed by atoms with E-state index >= 15 is 0 Å². The lowest BCUT2D eigenvalue weighted by Crippen LogP contribution is -2.59. The standard InChI is InChI=1S/C22H40N4/c1-21(2,3)25-13-17-9-7-11-19(23-17)15-26(22(4,5)6)16-20-12-8-10-18(14-25)24-20/h7,9,11,17-18,20,23-24H,8,10,12-16H2,1-6H3. The van der Waals surface area contributed by atoms with Crippen molar-refractivity contribution in [2.24, 2.45) is 0 Å². The average molecular weight is 361 g/mol. The third-order valence-electron chi connectivity index (χ3n) is 6.15. The van der Waals surface area contributed by atoms with Crippen molar-refractivity contribution in [2.45, 2.75) is 90.0 Å². The van der Waals surface area contributed by atoms with E-state index in [1.807, 2.05) is 0 Å². The van der Waals surface area contributed by atoms with Crippen molar-refractivity contribution in [1.82, 2.24) is 20.4 Å². The number of hydrogen-bond acceptors (Lipinski definition) is 4. The highest BCUT2D eigenvalue weighted by Crippen LogP contribution is 2.24. The summed E-state index contributed by atoms with van der Waals surface area (Å²) in [4.78, 5) is 5.31. The summed E-state index contributed by atoms with van der Waals surface area (Å²) in [5.74, 6) is 0. The van der Waals surface area contributed by atoms with Gasteiger partial charge in [-0.05, 0) is 60.5 Å². The highest BCUT2D eigenvalue weighted by atomic mass is 15.3. The number of nitrogens with zero attached hydrogens (tertiary/aromatic N) is 2. The highest BCUT2D eigenvalue weighted by molar-refractivity contribution is 5.22. The van der Waals surface area contributed by atoms with E-state index in [9.17, 15) is 0 Å². The minimum Gasteiger partial charge on any atom is -0.380 e. The fraction of sp³-hybridized carbons (Fsp3) is 0.818. The van der Waals surface area contributed by atoms with Gasteiger partial charge in [-0.2, -0.15) is 0 Å². The Morgan fingerprint density at radius 1 is 0.885 bits per heavy atom. The predicted octanol–water partition coefficient (Wildman–Crippen LogP) is 3.12. The van der Waals surface area contributed by atoms with Gasteiger partial charge < -0.3 is 10.6 Å². The van der Waals surface area contributed by atoms with Gasteiger partial charge in [0.05, 0.1) is 6.04 Å². The van der Waals surface area contributed by atoms with Crippen LogP contribution < -0.4 is 10.6 Å². The van der Waals surface area contributed by atoms with Crippen LogP contribution in [0.25, 0.3) is 0 Å². The number of allylic oxidation sites excluding steroid dienone is 2. The molecule has 0 aromatic carbocycles. The van der Waals surface area contributed by atoms with Crippen LogP contribution >= 0.6 is 0 Å². The SMILES string of the molecule is CC(C)(C)N1CC2=CC=CC(CN(C(C)(C)C)CC3CCCC(C1)N3)N2. The lowest BCUT2D eigenvalue weighted by Gasteiger charge is -2.46. The zero-order chi connectivity index (χ0) is 18.9. The van der Waals surface area contributed by atoms with Gasteiger partial charge in [0.15, 0.2) is 0 Å². The van der Waals surface area contributed by atoms with Crippen LogP contribution in [0.4, 0.5) is 0 Å². The van der Waals surface area contributed by atoms with Crippen molar-refractivity contribution < 1.29 is 0 Å². The van der Waals surface area contributed by atoms with Crippen molar-refractivity contribution in [1.29, 1.82) is 0 Å². The van der Waals surface area contributed by atoms with Gasteiger partial charge in [0.1, 0.15) is 0 Å². The summed E-state index contributed by atoms with van der Waals surface area (Å²) in [6.45, 7) is 18.4. The summed E-state index contributed by atoms with van der Waals surface area (Å²) < 4.78 is 0. The molecule has 2 fully saturated rings. The zero-order valence-corrected chi connectivity index (χ0v) is 17.8. The van der Waals surface area contributed by atoms with E-state index in [1.54, 1.807) is 0 Å². The molecule has 4 nitrogen and oxygen atoms in total. The highest BCUT2D eigenvalue weighted by Gasteiger charge is 2.33. The van der Waals surface area contributed by atoms with E-state index in [2.05, 4.69) is 80.2 Å². The van der Waals surface area contributed by atoms with Gasteiger partial charge in [-0.1, -0.05) is 18.6 Å². The quantitative estimate of drug-likeness (QED) is 0.695. The number of piperidine rings is 1. The maximum absolute atomic E-state index is 4.00. The second-order valence-corrected chi connectivity index (χ2v) is 10.4. The van der Waals surface area contributed by atoms with Gasteiger partial charge in [-0.3, -0.25) is 9.80 Å². The topological polar surface area (TPSA) is 30.5 Å². The van der Waals surface area contributed by atoms with Gasteiger partial charge >= 0.3 is 0 Å². The normalized spacial score (nSPS) is 32.2. The minimum absolute atomic E-state index is 0.176. The molecule has 0 saturated carbocycles. The summed E-state index contributed by atoms with van der Waals surface area (Å²) in [5.41, 5.74) is 1.72. The molecule has 0 amide bonds. The van der Waals surface area contributed by atoms with Crippen LogP contribution in [0.15, 0.2) is 23.9 Å². The minimum atomic E-state index is 0.176. The molecule has 0 radical (unpaired) electrons. The van der Waals surface area contributed by atoms with E-state index in [1.165, 1.54) is 25.0 Å². The second kappa shape index (κ2) is 7.65. The Balaban J connectivity index is 1.85. The Morgan fingerprint density at radius 2 is 1.50 bits per heavy atom. The Morgan fingerprint density at radius 3 is 2.12 bits per heavy atom. The molecule has 0 spiro atoms. The van der Waals surface area contributed by atoms with E-state index in [-0.39, 0.29) is 11.1 Å². The summed E-state index contributed by atoms with van der Waals surface area (Å²) >= 11 is 0. The average Bonchev–Trinajstić information content (AvgIpc) is 2.52. The predicted molar refractivity (Wildman–Crippen MR) is 111 cm³/mol. The van der Waals surface area contributed by atoms with Crippen LogP contribution in [-0.2, 0) is 0 Å². The first kappa shape index (κ1) is 19.9. The van der Waals surface area contributed by atoms with Crippen molar-refractivity contribution in [3.05, 3.63) is 23.9 Å². The fourth-order valence-electron chi connectivity index (χ4n) is 4.42. The summed E-state index contributed by atoms with van der Waals surface area (Å²) in [5, 5.41) is 7.81. The maximum atomic E-state index is 4.00. The van der Waals surface area contributed by atoms with Crippen LogP contribution in [0, 0.1) is 0 Å². The molecule has 26 heavy (non-hydrogen) atoms. The van der Waals surface area contributed by atoms with Crippen molar-refractivity contribution >= 4 is 0 Å².